The molecule has 1 unspecified atom stereocenters. The van der Waals surface area contributed by atoms with Crippen molar-refractivity contribution < 1.29 is 4.79 Å². The fraction of sp³-hybridized carbons (Fsp3) is 0.533. The third-order valence-electron chi connectivity index (χ3n) is 3.78. The number of likely N-dealkylation sites (tertiary alicyclic amines) is 1. The first-order valence-corrected chi connectivity index (χ1v) is 7.05. The number of hydrogen-bond donors (Lipinski definition) is 2. The number of para-hydroxylation sites is 2. The molecule has 19 heavy (non-hydrogen) atoms. The van der Waals surface area contributed by atoms with E-state index in [1.54, 1.807) is 6.07 Å². The number of rotatable bonds is 4. The summed E-state index contributed by atoms with van der Waals surface area (Å²) < 4.78 is 0. The van der Waals surface area contributed by atoms with Gasteiger partial charge in [0.15, 0.2) is 0 Å². The van der Waals surface area contributed by atoms with Crippen LogP contribution in [0.1, 0.15) is 26.2 Å². The largest absolute Gasteiger partial charge is 0.397 e. The fourth-order valence-electron chi connectivity index (χ4n) is 2.63. The predicted octanol–water partition coefficient (Wildman–Crippen LogP) is 2.33. The third kappa shape index (κ3) is 3.96. The van der Waals surface area contributed by atoms with Crippen LogP contribution in [0.3, 0.4) is 0 Å². The van der Waals surface area contributed by atoms with Crippen LogP contribution in [0.25, 0.3) is 0 Å². The van der Waals surface area contributed by atoms with Gasteiger partial charge in [-0.05, 0) is 37.4 Å². The predicted molar refractivity (Wildman–Crippen MR) is 78.9 cm³/mol. The van der Waals surface area contributed by atoms with E-state index in [2.05, 4.69) is 17.1 Å². The molecule has 3 N–H and O–H groups in total. The van der Waals surface area contributed by atoms with Crippen LogP contribution in [-0.2, 0) is 4.79 Å². The zero-order chi connectivity index (χ0) is 13.7. The number of carbonyl (C=O) groups is 1. The molecule has 1 atom stereocenters. The van der Waals surface area contributed by atoms with E-state index >= 15 is 0 Å². The molecule has 1 aromatic rings. The minimum absolute atomic E-state index is 0.0228. The number of piperidine rings is 1. The zero-order valence-electron chi connectivity index (χ0n) is 11.6. The zero-order valence-corrected chi connectivity index (χ0v) is 11.6. The Morgan fingerprint density at radius 1 is 1.47 bits per heavy atom. The van der Waals surface area contributed by atoms with E-state index in [1.165, 1.54) is 19.3 Å². The highest BCUT2D eigenvalue weighted by molar-refractivity contribution is 5.95. The second kappa shape index (κ2) is 6.57. The Hall–Kier alpha value is -1.55. The molecule has 1 heterocycles. The summed E-state index contributed by atoms with van der Waals surface area (Å²) in [5.74, 6) is 0.762. The molecule has 1 aromatic carbocycles. The summed E-state index contributed by atoms with van der Waals surface area (Å²) in [5.41, 5.74) is 7.13. The molecule has 0 bridgehead atoms. The first kappa shape index (κ1) is 13.9. The monoisotopic (exact) mass is 261 g/mol. The molecule has 0 aliphatic carbocycles. The Labute approximate surface area is 115 Å². The standard InChI is InChI=1S/C15H23N3O/c1-2-12-6-5-9-18(10-12)11-15(19)17-14-8-4-3-7-13(14)16/h3-4,7-8,12H,2,5-6,9-11,16H2,1H3,(H,17,19). The Kier molecular flexibility index (Phi) is 4.80. The number of amides is 1. The first-order chi connectivity index (χ1) is 9.19. The van der Waals surface area contributed by atoms with E-state index in [0.29, 0.717) is 17.9 Å². The third-order valence-corrected chi connectivity index (χ3v) is 3.78. The number of hydrogen-bond acceptors (Lipinski definition) is 3. The van der Waals surface area contributed by atoms with Gasteiger partial charge in [0.1, 0.15) is 0 Å². The lowest BCUT2D eigenvalue weighted by Crippen LogP contribution is -2.40. The Bertz CT molecular complexity index is 433. The maximum atomic E-state index is 12.0. The van der Waals surface area contributed by atoms with Crippen molar-refractivity contribution in [3.05, 3.63) is 24.3 Å². The van der Waals surface area contributed by atoms with Crippen molar-refractivity contribution in [3.8, 4) is 0 Å². The van der Waals surface area contributed by atoms with Gasteiger partial charge in [-0.25, -0.2) is 0 Å². The number of nitrogen functional groups attached to an aromatic ring is 1. The maximum absolute atomic E-state index is 12.0. The summed E-state index contributed by atoms with van der Waals surface area (Å²) in [6, 6.07) is 7.36. The lowest BCUT2D eigenvalue weighted by atomic mass is 9.96. The van der Waals surface area contributed by atoms with E-state index in [9.17, 15) is 4.79 Å². The summed E-state index contributed by atoms with van der Waals surface area (Å²) in [6.07, 6.45) is 3.68. The van der Waals surface area contributed by atoms with E-state index in [4.69, 9.17) is 5.73 Å². The molecule has 0 aromatic heterocycles. The van der Waals surface area contributed by atoms with Crippen molar-refractivity contribution in [3.63, 3.8) is 0 Å². The molecule has 4 heteroatoms. The van der Waals surface area contributed by atoms with E-state index in [1.807, 2.05) is 18.2 Å². The highest BCUT2D eigenvalue weighted by atomic mass is 16.2. The summed E-state index contributed by atoms with van der Waals surface area (Å²) in [6.45, 7) is 4.74. The molecular weight excluding hydrogens is 238 g/mol. The van der Waals surface area contributed by atoms with Crippen LogP contribution in [0.15, 0.2) is 24.3 Å². The second-order valence-electron chi connectivity index (χ2n) is 5.29. The SMILES string of the molecule is CCC1CCCN(CC(=O)Nc2ccccc2N)C1. The summed E-state index contributed by atoms with van der Waals surface area (Å²) in [4.78, 5) is 14.3. The van der Waals surface area contributed by atoms with Gasteiger partial charge >= 0.3 is 0 Å². The molecule has 1 fully saturated rings. The van der Waals surface area contributed by atoms with E-state index in [0.717, 1.165) is 19.0 Å². The number of anilines is 2. The number of carbonyl (C=O) groups excluding carboxylic acids is 1. The first-order valence-electron chi connectivity index (χ1n) is 7.05. The minimum atomic E-state index is 0.0228. The maximum Gasteiger partial charge on any atom is 0.238 e. The quantitative estimate of drug-likeness (QED) is 0.818. The summed E-state index contributed by atoms with van der Waals surface area (Å²) >= 11 is 0. The molecular formula is C15H23N3O. The molecule has 2 rings (SSSR count). The fourth-order valence-corrected chi connectivity index (χ4v) is 2.63. The Balaban J connectivity index is 1.86. The van der Waals surface area contributed by atoms with Crippen molar-refractivity contribution in [2.75, 3.05) is 30.7 Å². The molecule has 0 spiro atoms. The normalized spacial score (nSPS) is 20.2. The molecule has 1 saturated heterocycles. The average Bonchev–Trinajstić information content (AvgIpc) is 2.41. The topological polar surface area (TPSA) is 58.4 Å². The van der Waals surface area contributed by atoms with E-state index in [-0.39, 0.29) is 5.91 Å². The molecule has 1 aliphatic rings. The van der Waals surface area contributed by atoms with E-state index < -0.39 is 0 Å². The number of nitrogens with two attached hydrogens (primary N) is 1. The van der Waals surface area contributed by atoms with Crippen molar-refractivity contribution >= 4 is 17.3 Å². The van der Waals surface area contributed by atoms with Crippen LogP contribution in [-0.4, -0.2) is 30.4 Å². The van der Waals surface area contributed by atoms with Gasteiger partial charge in [0, 0.05) is 6.54 Å². The average molecular weight is 261 g/mol. The van der Waals surface area contributed by atoms with Gasteiger partial charge < -0.3 is 11.1 Å². The molecule has 0 saturated carbocycles. The number of nitrogens with zero attached hydrogens (tertiary/aromatic N) is 1. The Morgan fingerprint density at radius 2 is 2.26 bits per heavy atom. The van der Waals surface area contributed by atoms with Gasteiger partial charge in [0.05, 0.1) is 17.9 Å². The van der Waals surface area contributed by atoms with Crippen LogP contribution in [0.2, 0.25) is 0 Å². The molecule has 104 valence electrons. The van der Waals surface area contributed by atoms with Gasteiger partial charge in [0.2, 0.25) is 5.91 Å². The van der Waals surface area contributed by atoms with Gasteiger partial charge in [-0.15, -0.1) is 0 Å². The van der Waals surface area contributed by atoms with Gasteiger partial charge in [-0.1, -0.05) is 25.5 Å². The lowest BCUT2D eigenvalue weighted by molar-refractivity contribution is -0.117. The Morgan fingerprint density at radius 3 is 3.00 bits per heavy atom. The minimum Gasteiger partial charge on any atom is -0.397 e. The molecule has 0 radical (unpaired) electrons. The van der Waals surface area contributed by atoms with Crippen molar-refractivity contribution in [2.24, 2.45) is 5.92 Å². The highest BCUT2D eigenvalue weighted by Crippen LogP contribution is 2.20. The van der Waals surface area contributed by atoms with Crippen LogP contribution in [0, 0.1) is 5.92 Å². The summed E-state index contributed by atoms with van der Waals surface area (Å²) in [5, 5.41) is 2.88. The van der Waals surface area contributed by atoms with Crippen molar-refractivity contribution in [1.82, 2.24) is 4.90 Å². The second-order valence-corrected chi connectivity index (χ2v) is 5.29. The van der Waals surface area contributed by atoms with Crippen LogP contribution >= 0.6 is 0 Å². The summed E-state index contributed by atoms with van der Waals surface area (Å²) in [7, 11) is 0. The van der Waals surface area contributed by atoms with Crippen LogP contribution < -0.4 is 11.1 Å². The number of nitrogens with one attached hydrogen (secondary N) is 1. The molecule has 4 nitrogen and oxygen atoms in total. The van der Waals surface area contributed by atoms with Gasteiger partial charge in [0.25, 0.3) is 0 Å². The van der Waals surface area contributed by atoms with Gasteiger partial charge in [-0.2, -0.15) is 0 Å². The van der Waals surface area contributed by atoms with Crippen LogP contribution in [0.5, 0.6) is 0 Å². The highest BCUT2D eigenvalue weighted by Gasteiger charge is 2.20. The van der Waals surface area contributed by atoms with Crippen LogP contribution in [0.4, 0.5) is 11.4 Å². The number of benzene rings is 1. The molecule has 1 amide bonds. The molecule has 1 aliphatic heterocycles. The van der Waals surface area contributed by atoms with Gasteiger partial charge in [-0.3, -0.25) is 9.69 Å². The lowest BCUT2D eigenvalue weighted by Gasteiger charge is -2.31. The van der Waals surface area contributed by atoms with Crippen molar-refractivity contribution in [2.45, 2.75) is 26.2 Å². The van der Waals surface area contributed by atoms with Crippen molar-refractivity contribution in [1.29, 1.82) is 0 Å². The smallest absolute Gasteiger partial charge is 0.238 e.